The lowest BCUT2D eigenvalue weighted by Gasteiger charge is -2.12. The van der Waals surface area contributed by atoms with E-state index in [9.17, 15) is 18.0 Å². The van der Waals surface area contributed by atoms with Crippen molar-refractivity contribution in [2.45, 2.75) is 12.7 Å². The van der Waals surface area contributed by atoms with E-state index in [0.29, 0.717) is 22.5 Å². The molecular weight excluding hydrogens is 537 g/mol. The molecule has 6 rings (SSSR count). The fourth-order valence-electron chi connectivity index (χ4n) is 4.67. The summed E-state index contributed by atoms with van der Waals surface area (Å²) in [7, 11) is 0. The summed E-state index contributed by atoms with van der Waals surface area (Å²) in [5, 5.41) is 6.35. The molecule has 0 N–H and O–H groups in total. The van der Waals surface area contributed by atoms with Crippen LogP contribution in [0.3, 0.4) is 0 Å². The van der Waals surface area contributed by atoms with Crippen LogP contribution in [0.2, 0.25) is 5.02 Å². The smallest absolute Gasteiger partial charge is 0.342 e. The molecule has 0 radical (unpaired) electrons. The maximum absolute atomic E-state index is 13.5. The van der Waals surface area contributed by atoms with Gasteiger partial charge in [-0.15, -0.1) is 0 Å². The number of benzene rings is 4. The molecule has 6 aromatic rings. The first-order valence-electron chi connectivity index (χ1n) is 12.3. The second-order valence-electron chi connectivity index (χ2n) is 9.25. The maximum atomic E-state index is 13.5. The van der Waals surface area contributed by atoms with Crippen molar-refractivity contribution in [2.24, 2.45) is 5.10 Å². The number of hydrogen-bond acceptors (Lipinski definition) is 3. The number of halogens is 4. The zero-order valence-corrected chi connectivity index (χ0v) is 21.6. The predicted octanol–water partition coefficient (Wildman–Crippen LogP) is 7.62. The van der Waals surface area contributed by atoms with Crippen LogP contribution in [-0.2, 0) is 12.7 Å². The van der Waals surface area contributed by atoms with Crippen molar-refractivity contribution in [1.82, 2.24) is 14.2 Å². The van der Waals surface area contributed by atoms with Gasteiger partial charge in [0.1, 0.15) is 0 Å². The second-order valence-corrected chi connectivity index (χ2v) is 9.69. The highest BCUT2D eigenvalue weighted by molar-refractivity contribution is 6.30. The van der Waals surface area contributed by atoms with Crippen molar-refractivity contribution < 1.29 is 13.2 Å². The molecule has 0 bridgehead atoms. The molecule has 2 aromatic heterocycles. The third-order valence-electron chi connectivity index (χ3n) is 6.60. The number of aromatic nitrogens is 3. The van der Waals surface area contributed by atoms with E-state index in [0.717, 1.165) is 38.8 Å². The van der Waals surface area contributed by atoms with E-state index in [-0.39, 0.29) is 11.4 Å². The average Bonchev–Trinajstić information content (AvgIpc) is 3.30. The van der Waals surface area contributed by atoms with Gasteiger partial charge >= 0.3 is 6.18 Å². The molecule has 0 aliphatic heterocycles. The van der Waals surface area contributed by atoms with Gasteiger partial charge in [-0.05, 0) is 48.0 Å². The first-order chi connectivity index (χ1) is 19.3. The van der Waals surface area contributed by atoms with E-state index in [1.54, 1.807) is 24.3 Å². The third-order valence-corrected chi connectivity index (χ3v) is 6.85. The summed E-state index contributed by atoms with van der Waals surface area (Å²) in [5.74, 6) is 0.0101. The monoisotopic (exact) mass is 556 g/mol. The van der Waals surface area contributed by atoms with Crippen LogP contribution in [0.25, 0.3) is 33.2 Å². The molecule has 0 saturated heterocycles. The summed E-state index contributed by atoms with van der Waals surface area (Å²) in [6, 6.07) is 26.7. The summed E-state index contributed by atoms with van der Waals surface area (Å²) in [4.78, 5) is 18.1. The van der Waals surface area contributed by atoms with Crippen molar-refractivity contribution in [2.75, 3.05) is 0 Å². The van der Waals surface area contributed by atoms with Crippen molar-refractivity contribution in [3.63, 3.8) is 0 Å². The van der Waals surface area contributed by atoms with E-state index in [4.69, 9.17) is 11.6 Å². The molecular formula is C31H20ClF3N4O. The van der Waals surface area contributed by atoms with Crippen molar-refractivity contribution in [3.05, 3.63) is 135 Å². The fourth-order valence-corrected chi connectivity index (χ4v) is 4.79. The summed E-state index contributed by atoms with van der Waals surface area (Å²) in [6.45, 7) is 0.582. The fraction of sp³-hybridized carbons (Fsp3) is 0.0645. The summed E-state index contributed by atoms with van der Waals surface area (Å²) < 4.78 is 43.6. The summed E-state index contributed by atoms with van der Waals surface area (Å²) >= 11 is 6.04. The quantitative estimate of drug-likeness (QED) is 0.205. The molecule has 4 aromatic carbocycles. The molecule has 0 saturated carbocycles. The molecule has 0 aliphatic rings. The van der Waals surface area contributed by atoms with Crippen LogP contribution in [-0.4, -0.2) is 20.4 Å². The number of fused-ring (bicyclic) bond motifs is 2. The Morgan fingerprint density at radius 1 is 0.875 bits per heavy atom. The zero-order valence-electron chi connectivity index (χ0n) is 20.8. The highest BCUT2D eigenvalue weighted by Gasteiger charge is 2.31. The highest BCUT2D eigenvalue weighted by Crippen LogP contribution is 2.32. The minimum absolute atomic E-state index is 0.0101. The molecule has 9 heteroatoms. The molecule has 0 unspecified atom stereocenters. The standard InChI is InChI=1S/C31H20ClF3N4O/c32-24-14-12-20(13-15-24)18-38-19-22(25-8-2-4-11-28(25)38)17-36-39-29(21-6-5-7-23(16-21)31(33,34)35)37-27-10-3-1-9-26(27)30(39)40/h1-17,19H,18H2. The molecule has 0 aliphatic carbocycles. The topological polar surface area (TPSA) is 52.2 Å². The van der Waals surface area contributed by atoms with Crippen LogP contribution in [0.1, 0.15) is 16.7 Å². The number of alkyl halides is 3. The van der Waals surface area contributed by atoms with Gasteiger partial charge in [-0.3, -0.25) is 4.79 Å². The Balaban J connectivity index is 1.49. The van der Waals surface area contributed by atoms with E-state index in [2.05, 4.69) is 14.7 Å². The van der Waals surface area contributed by atoms with Crippen LogP contribution in [0, 0.1) is 0 Å². The number of nitrogens with zero attached hydrogens (tertiary/aromatic N) is 4. The normalized spacial score (nSPS) is 12.1. The first-order valence-corrected chi connectivity index (χ1v) is 12.7. The van der Waals surface area contributed by atoms with Gasteiger partial charge in [0, 0.05) is 39.8 Å². The van der Waals surface area contributed by atoms with Gasteiger partial charge in [-0.25, -0.2) is 4.98 Å². The van der Waals surface area contributed by atoms with E-state index >= 15 is 0 Å². The van der Waals surface area contributed by atoms with Gasteiger partial charge in [0.25, 0.3) is 5.56 Å². The Hall–Kier alpha value is -4.69. The minimum Gasteiger partial charge on any atom is -0.342 e. The Morgan fingerprint density at radius 3 is 2.38 bits per heavy atom. The van der Waals surface area contributed by atoms with Crippen molar-refractivity contribution in [3.8, 4) is 11.4 Å². The molecule has 0 atom stereocenters. The lowest BCUT2D eigenvalue weighted by molar-refractivity contribution is -0.137. The van der Waals surface area contributed by atoms with Gasteiger partial charge in [0.15, 0.2) is 5.82 Å². The van der Waals surface area contributed by atoms with Gasteiger partial charge in [-0.1, -0.05) is 66.2 Å². The molecule has 198 valence electrons. The van der Waals surface area contributed by atoms with Gasteiger partial charge in [0.2, 0.25) is 0 Å². The van der Waals surface area contributed by atoms with E-state index < -0.39 is 17.3 Å². The van der Waals surface area contributed by atoms with Gasteiger partial charge in [-0.2, -0.15) is 22.9 Å². The first kappa shape index (κ1) is 25.6. The Morgan fingerprint density at radius 2 is 1.60 bits per heavy atom. The SMILES string of the molecule is O=c1c2ccccc2nc(-c2cccc(C(F)(F)F)c2)n1N=Cc1cn(Cc2ccc(Cl)cc2)c2ccccc12. The summed E-state index contributed by atoms with van der Waals surface area (Å²) in [5.41, 5.74) is 1.91. The number of hydrogen-bond donors (Lipinski definition) is 0. The maximum Gasteiger partial charge on any atom is 0.416 e. The minimum atomic E-state index is -4.55. The van der Waals surface area contributed by atoms with Gasteiger partial charge < -0.3 is 4.57 Å². The van der Waals surface area contributed by atoms with Crippen molar-refractivity contribution in [1.29, 1.82) is 0 Å². The largest absolute Gasteiger partial charge is 0.416 e. The van der Waals surface area contributed by atoms with Crippen LogP contribution in [0.15, 0.2) is 113 Å². The molecule has 40 heavy (non-hydrogen) atoms. The predicted molar refractivity (Wildman–Crippen MR) is 152 cm³/mol. The van der Waals surface area contributed by atoms with E-state index in [1.807, 2.05) is 54.7 Å². The second kappa shape index (κ2) is 10.1. The van der Waals surface area contributed by atoms with Crippen LogP contribution >= 0.6 is 11.6 Å². The Labute approximate surface area is 231 Å². The number of para-hydroxylation sites is 2. The van der Waals surface area contributed by atoms with Crippen LogP contribution in [0.5, 0.6) is 0 Å². The average molecular weight is 557 g/mol. The lowest BCUT2D eigenvalue weighted by Crippen LogP contribution is -2.20. The molecule has 0 amide bonds. The summed E-state index contributed by atoms with van der Waals surface area (Å²) in [6.07, 6.45) is -1.09. The molecule has 5 nitrogen and oxygen atoms in total. The van der Waals surface area contributed by atoms with Gasteiger partial charge in [0.05, 0.1) is 22.7 Å². The highest BCUT2D eigenvalue weighted by atomic mass is 35.5. The van der Waals surface area contributed by atoms with Crippen molar-refractivity contribution >= 4 is 39.6 Å². The number of rotatable bonds is 5. The molecule has 2 heterocycles. The van der Waals surface area contributed by atoms with E-state index in [1.165, 1.54) is 18.3 Å². The third kappa shape index (κ3) is 4.89. The Kier molecular flexibility index (Phi) is 6.48. The Bertz CT molecular complexity index is 1960. The van der Waals surface area contributed by atoms with Crippen LogP contribution in [0.4, 0.5) is 13.2 Å². The van der Waals surface area contributed by atoms with Crippen LogP contribution < -0.4 is 5.56 Å². The molecule has 0 spiro atoms. The molecule has 0 fully saturated rings. The lowest BCUT2D eigenvalue weighted by atomic mass is 10.1. The zero-order chi connectivity index (χ0) is 27.9.